The molecule has 0 radical (unpaired) electrons. The third-order valence-electron chi connectivity index (χ3n) is 7.60. The summed E-state index contributed by atoms with van der Waals surface area (Å²) in [6, 6.07) is 26.9. The van der Waals surface area contributed by atoms with E-state index in [1.807, 2.05) is 18.2 Å². The standard InChI is InChI=1S/C27H23NO2/c1-27-20-13-7-5-11-18(20)22(19-12-6-8-14-21(19)27)23-24(27)26(30)28(25(23)29)16-15-17-9-3-2-4-10-17/h2-14,22-24H,15-16H2,1H3/t22?,23-,24-,27?/m0/s1. The summed E-state index contributed by atoms with van der Waals surface area (Å²) in [4.78, 5) is 28.9. The Bertz CT molecular complexity index is 1130. The highest BCUT2D eigenvalue weighted by Crippen LogP contribution is 2.63. The lowest BCUT2D eigenvalue weighted by atomic mass is 9.48. The van der Waals surface area contributed by atoms with E-state index in [9.17, 15) is 9.59 Å². The molecule has 1 saturated heterocycles. The Hall–Kier alpha value is -3.20. The molecule has 2 atom stereocenters. The maximum atomic E-state index is 13.7. The summed E-state index contributed by atoms with van der Waals surface area (Å²) in [6.07, 6.45) is 0.693. The van der Waals surface area contributed by atoms with E-state index < -0.39 is 5.41 Å². The molecular formula is C27H23NO2. The number of benzene rings is 3. The lowest BCUT2D eigenvalue weighted by molar-refractivity contribution is -0.140. The van der Waals surface area contributed by atoms with Crippen LogP contribution in [0.2, 0.25) is 0 Å². The number of hydrogen-bond donors (Lipinski definition) is 0. The zero-order chi connectivity index (χ0) is 20.5. The smallest absolute Gasteiger partial charge is 0.234 e. The Morgan fingerprint density at radius 2 is 1.33 bits per heavy atom. The number of imide groups is 1. The Morgan fingerprint density at radius 3 is 1.97 bits per heavy atom. The van der Waals surface area contributed by atoms with Crippen LogP contribution in [-0.4, -0.2) is 23.3 Å². The number of hydrogen-bond acceptors (Lipinski definition) is 2. The highest BCUT2D eigenvalue weighted by Gasteiger charge is 2.66. The fraction of sp³-hybridized carbons (Fsp3) is 0.259. The molecule has 3 aromatic rings. The molecule has 7 rings (SSSR count). The van der Waals surface area contributed by atoms with E-state index in [2.05, 4.69) is 67.6 Å². The first kappa shape index (κ1) is 17.6. The van der Waals surface area contributed by atoms with E-state index in [1.54, 1.807) is 4.90 Å². The fourth-order valence-electron chi connectivity index (χ4n) is 6.32. The van der Waals surface area contributed by atoms with E-state index in [1.165, 1.54) is 22.3 Å². The molecule has 0 saturated carbocycles. The molecule has 2 amide bonds. The third kappa shape index (κ3) is 2.10. The summed E-state index contributed by atoms with van der Waals surface area (Å²) in [5, 5.41) is 0. The molecule has 30 heavy (non-hydrogen) atoms. The van der Waals surface area contributed by atoms with E-state index in [4.69, 9.17) is 0 Å². The Morgan fingerprint density at radius 1 is 0.767 bits per heavy atom. The van der Waals surface area contributed by atoms with Crippen LogP contribution in [0, 0.1) is 11.8 Å². The second kappa shape index (κ2) is 6.15. The van der Waals surface area contributed by atoms with Crippen LogP contribution in [0.3, 0.4) is 0 Å². The maximum Gasteiger partial charge on any atom is 0.234 e. The second-order valence-corrected chi connectivity index (χ2v) is 8.92. The zero-order valence-electron chi connectivity index (χ0n) is 16.9. The van der Waals surface area contributed by atoms with Crippen LogP contribution in [0.1, 0.15) is 40.7 Å². The van der Waals surface area contributed by atoms with Gasteiger partial charge in [-0.1, -0.05) is 85.8 Å². The van der Waals surface area contributed by atoms with E-state index in [-0.39, 0.29) is 29.6 Å². The highest BCUT2D eigenvalue weighted by molar-refractivity contribution is 6.08. The van der Waals surface area contributed by atoms with Crippen molar-refractivity contribution < 1.29 is 9.59 Å². The minimum absolute atomic E-state index is 0.00108. The molecule has 3 heteroatoms. The van der Waals surface area contributed by atoms with Gasteiger partial charge in [0.15, 0.2) is 0 Å². The number of nitrogens with zero attached hydrogens (tertiary/aromatic N) is 1. The Balaban J connectivity index is 1.46. The van der Waals surface area contributed by atoms with Crippen LogP contribution >= 0.6 is 0 Å². The van der Waals surface area contributed by atoms with Crippen LogP contribution in [0.25, 0.3) is 0 Å². The molecule has 3 nitrogen and oxygen atoms in total. The number of carbonyl (C=O) groups excluding carboxylic acids is 2. The first-order chi connectivity index (χ1) is 14.6. The number of likely N-dealkylation sites (tertiary alicyclic amines) is 1. The topological polar surface area (TPSA) is 37.4 Å². The third-order valence-corrected chi connectivity index (χ3v) is 7.60. The van der Waals surface area contributed by atoms with Gasteiger partial charge in [-0.25, -0.2) is 0 Å². The van der Waals surface area contributed by atoms with Crippen molar-refractivity contribution in [3.63, 3.8) is 0 Å². The normalized spacial score (nSPS) is 28.3. The van der Waals surface area contributed by atoms with Gasteiger partial charge in [0, 0.05) is 17.9 Å². The monoisotopic (exact) mass is 393 g/mol. The number of rotatable bonds is 3. The zero-order valence-corrected chi connectivity index (χ0v) is 16.9. The SMILES string of the molecule is CC12c3ccccc3C(c3ccccc31)[C@@H]1C(=O)N(CCc3ccccc3)C(=O)[C@H]12. The van der Waals surface area contributed by atoms with E-state index in [0.29, 0.717) is 13.0 Å². The number of amides is 2. The van der Waals surface area contributed by atoms with Gasteiger partial charge < -0.3 is 0 Å². The Labute approximate surface area is 176 Å². The van der Waals surface area contributed by atoms with Gasteiger partial charge in [-0.05, 0) is 34.2 Å². The molecule has 4 aliphatic rings. The van der Waals surface area contributed by atoms with Gasteiger partial charge >= 0.3 is 0 Å². The Kier molecular flexibility index (Phi) is 3.62. The van der Waals surface area contributed by atoms with Crippen LogP contribution in [-0.2, 0) is 21.4 Å². The molecule has 0 spiro atoms. The van der Waals surface area contributed by atoms with E-state index >= 15 is 0 Å². The van der Waals surface area contributed by atoms with Gasteiger partial charge in [-0.15, -0.1) is 0 Å². The summed E-state index contributed by atoms with van der Waals surface area (Å²) >= 11 is 0. The summed E-state index contributed by atoms with van der Waals surface area (Å²) in [6.45, 7) is 2.62. The van der Waals surface area contributed by atoms with Crippen molar-refractivity contribution >= 4 is 11.8 Å². The van der Waals surface area contributed by atoms with Gasteiger partial charge in [0.1, 0.15) is 0 Å². The largest absolute Gasteiger partial charge is 0.282 e. The molecule has 0 N–H and O–H groups in total. The van der Waals surface area contributed by atoms with Crippen molar-refractivity contribution in [2.45, 2.75) is 24.7 Å². The fourth-order valence-corrected chi connectivity index (χ4v) is 6.32. The van der Waals surface area contributed by atoms with Crippen molar-refractivity contribution in [2.24, 2.45) is 11.8 Å². The molecule has 1 fully saturated rings. The highest BCUT2D eigenvalue weighted by atomic mass is 16.2. The minimum atomic E-state index is -0.471. The average Bonchev–Trinajstić information content (AvgIpc) is 3.05. The van der Waals surface area contributed by atoms with Crippen LogP contribution in [0.5, 0.6) is 0 Å². The van der Waals surface area contributed by atoms with Crippen molar-refractivity contribution in [2.75, 3.05) is 6.54 Å². The summed E-state index contributed by atoms with van der Waals surface area (Å²) in [7, 11) is 0. The molecule has 0 aromatic heterocycles. The lowest BCUT2D eigenvalue weighted by Crippen LogP contribution is -2.51. The molecule has 0 unspecified atom stereocenters. The summed E-state index contributed by atoms with van der Waals surface area (Å²) in [5.41, 5.74) is 5.52. The first-order valence-corrected chi connectivity index (χ1v) is 10.7. The van der Waals surface area contributed by atoms with E-state index in [0.717, 1.165) is 5.56 Å². The van der Waals surface area contributed by atoms with Crippen LogP contribution in [0.4, 0.5) is 0 Å². The molecule has 3 aliphatic carbocycles. The first-order valence-electron chi connectivity index (χ1n) is 10.7. The molecule has 2 bridgehead atoms. The predicted molar refractivity (Wildman–Crippen MR) is 115 cm³/mol. The van der Waals surface area contributed by atoms with Gasteiger partial charge in [-0.3, -0.25) is 14.5 Å². The van der Waals surface area contributed by atoms with Crippen molar-refractivity contribution in [3.8, 4) is 0 Å². The second-order valence-electron chi connectivity index (χ2n) is 8.92. The molecule has 1 heterocycles. The van der Waals surface area contributed by atoms with Gasteiger partial charge in [0.2, 0.25) is 11.8 Å². The van der Waals surface area contributed by atoms with Gasteiger partial charge in [-0.2, -0.15) is 0 Å². The average molecular weight is 393 g/mol. The molecular weight excluding hydrogens is 370 g/mol. The minimum Gasteiger partial charge on any atom is -0.282 e. The molecule has 3 aromatic carbocycles. The van der Waals surface area contributed by atoms with Crippen LogP contribution in [0.15, 0.2) is 78.9 Å². The summed E-state index contributed by atoms with van der Waals surface area (Å²) < 4.78 is 0. The molecule has 148 valence electrons. The van der Waals surface area contributed by atoms with Crippen molar-refractivity contribution in [1.82, 2.24) is 4.90 Å². The van der Waals surface area contributed by atoms with Crippen LogP contribution < -0.4 is 0 Å². The van der Waals surface area contributed by atoms with Gasteiger partial charge in [0.25, 0.3) is 0 Å². The lowest BCUT2D eigenvalue weighted by Gasteiger charge is -2.52. The summed E-state index contributed by atoms with van der Waals surface area (Å²) in [5.74, 6) is -0.667. The predicted octanol–water partition coefficient (Wildman–Crippen LogP) is 4.30. The van der Waals surface area contributed by atoms with Crippen molar-refractivity contribution in [1.29, 1.82) is 0 Å². The number of carbonyl (C=O) groups is 2. The quantitative estimate of drug-likeness (QED) is 0.623. The molecule has 1 aliphatic heterocycles. The maximum absolute atomic E-state index is 13.7. The van der Waals surface area contributed by atoms with Gasteiger partial charge in [0.05, 0.1) is 11.8 Å². The van der Waals surface area contributed by atoms with Crippen molar-refractivity contribution in [3.05, 3.63) is 107 Å².